The van der Waals surface area contributed by atoms with Crippen LogP contribution in [0.2, 0.25) is 0 Å². The molecule has 22 heavy (non-hydrogen) atoms. The summed E-state index contributed by atoms with van der Waals surface area (Å²) in [6.07, 6.45) is -0.0251. The van der Waals surface area contributed by atoms with Crippen molar-refractivity contribution in [2.24, 2.45) is 0 Å². The Hall–Kier alpha value is -2.77. The number of nitrogens with one attached hydrogen (secondary N) is 1. The minimum absolute atomic E-state index is 0.0251. The maximum atomic E-state index is 12.4. The zero-order valence-corrected chi connectivity index (χ0v) is 12.2. The molecule has 8 nitrogen and oxygen atoms in total. The molecule has 0 fully saturated rings. The van der Waals surface area contributed by atoms with Gasteiger partial charge in [0.25, 0.3) is 0 Å². The smallest absolute Gasteiger partial charge is 0.325 e. The molecule has 8 heteroatoms. The summed E-state index contributed by atoms with van der Waals surface area (Å²) in [4.78, 5) is 25.5. The summed E-state index contributed by atoms with van der Waals surface area (Å²) in [7, 11) is 0. The van der Waals surface area contributed by atoms with Crippen LogP contribution in [-0.4, -0.2) is 50.6 Å². The molecule has 1 aromatic carbocycles. The van der Waals surface area contributed by atoms with Crippen molar-refractivity contribution < 1.29 is 14.3 Å². The number of ether oxygens (including phenoxy) is 1. The summed E-state index contributed by atoms with van der Waals surface area (Å²) in [6.45, 7) is 2.20. The Kier molecular flexibility index (Phi) is 5.58. The van der Waals surface area contributed by atoms with Crippen LogP contribution in [0, 0.1) is 0 Å². The molecule has 116 valence electrons. The summed E-state index contributed by atoms with van der Waals surface area (Å²) in [6, 6.07) is 9.42. The second-order valence-corrected chi connectivity index (χ2v) is 4.55. The molecule has 0 aliphatic carbocycles. The topological polar surface area (TPSA) is 101 Å². The third kappa shape index (κ3) is 4.65. The van der Waals surface area contributed by atoms with E-state index < -0.39 is 5.97 Å². The number of esters is 1. The second kappa shape index (κ2) is 7.87. The van der Waals surface area contributed by atoms with Crippen molar-refractivity contribution in [3.8, 4) is 0 Å². The Morgan fingerprint density at radius 2 is 2.05 bits per heavy atom. The Balaban J connectivity index is 2.06. The van der Waals surface area contributed by atoms with E-state index in [9.17, 15) is 9.59 Å². The van der Waals surface area contributed by atoms with Gasteiger partial charge in [-0.3, -0.25) is 9.59 Å². The van der Waals surface area contributed by atoms with Crippen molar-refractivity contribution in [2.45, 2.75) is 19.9 Å². The fourth-order valence-corrected chi connectivity index (χ4v) is 1.90. The summed E-state index contributed by atoms with van der Waals surface area (Å²) >= 11 is 0. The van der Waals surface area contributed by atoms with Gasteiger partial charge in [-0.05, 0) is 12.5 Å². The van der Waals surface area contributed by atoms with Crippen LogP contribution < -0.4 is 0 Å². The number of carbonyl (C=O) groups excluding carboxylic acids is 2. The largest absolute Gasteiger partial charge is 0.465 e. The monoisotopic (exact) mass is 303 g/mol. The number of tetrazole rings is 1. The van der Waals surface area contributed by atoms with Gasteiger partial charge in [-0.15, -0.1) is 10.2 Å². The van der Waals surface area contributed by atoms with Crippen molar-refractivity contribution in [1.29, 1.82) is 0 Å². The van der Waals surface area contributed by atoms with Gasteiger partial charge in [0.1, 0.15) is 6.54 Å². The minimum atomic E-state index is -0.445. The van der Waals surface area contributed by atoms with E-state index in [2.05, 4.69) is 20.6 Å². The number of nitrogens with zero attached hydrogens (tertiary/aromatic N) is 4. The second-order valence-electron chi connectivity index (χ2n) is 4.55. The number of amides is 1. The number of rotatable bonds is 7. The van der Waals surface area contributed by atoms with Crippen molar-refractivity contribution in [3.05, 3.63) is 41.7 Å². The highest BCUT2D eigenvalue weighted by atomic mass is 16.5. The Morgan fingerprint density at radius 1 is 1.27 bits per heavy atom. The molecule has 0 saturated heterocycles. The lowest BCUT2D eigenvalue weighted by atomic mass is 10.2. The Bertz CT molecular complexity index is 600. The molecule has 0 radical (unpaired) electrons. The molecule has 2 rings (SSSR count). The van der Waals surface area contributed by atoms with Gasteiger partial charge >= 0.3 is 5.97 Å². The quantitative estimate of drug-likeness (QED) is 0.740. The van der Waals surface area contributed by atoms with Gasteiger partial charge in [-0.25, -0.2) is 0 Å². The first-order valence-corrected chi connectivity index (χ1v) is 6.88. The molecule has 0 aliphatic heterocycles. The molecule has 2 aromatic rings. The van der Waals surface area contributed by atoms with Gasteiger partial charge in [0.15, 0.2) is 5.82 Å². The van der Waals surface area contributed by atoms with E-state index >= 15 is 0 Å². The predicted octanol–water partition coefficient (Wildman–Crippen LogP) is 0.334. The number of H-pyrrole nitrogens is 1. The molecule has 1 aromatic heterocycles. The van der Waals surface area contributed by atoms with Crippen LogP contribution in [0.4, 0.5) is 0 Å². The van der Waals surface area contributed by atoms with Crippen molar-refractivity contribution in [3.63, 3.8) is 0 Å². The van der Waals surface area contributed by atoms with Crippen molar-refractivity contribution >= 4 is 11.9 Å². The molecule has 1 heterocycles. The molecule has 0 spiro atoms. The van der Waals surface area contributed by atoms with Crippen LogP contribution in [0.3, 0.4) is 0 Å². The van der Waals surface area contributed by atoms with E-state index in [-0.39, 0.29) is 31.3 Å². The van der Waals surface area contributed by atoms with E-state index in [0.29, 0.717) is 6.54 Å². The highest BCUT2D eigenvalue weighted by Crippen LogP contribution is 2.07. The zero-order valence-electron chi connectivity index (χ0n) is 12.2. The summed E-state index contributed by atoms with van der Waals surface area (Å²) < 4.78 is 4.91. The lowest BCUT2D eigenvalue weighted by molar-refractivity contribution is -0.149. The molecule has 0 aliphatic rings. The van der Waals surface area contributed by atoms with E-state index in [1.165, 1.54) is 4.90 Å². The van der Waals surface area contributed by atoms with Gasteiger partial charge in [-0.1, -0.05) is 35.5 Å². The average Bonchev–Trinajstić information content (AvgIpc) is 3.01. The van der Waals surface area contributed by atoms with Crippen molar-refractivity contribution in [2.75, 3.05) is 13.2 Å². The van der Waals surface area contributed by atoms with Crippen LogP contribution >= 0.6 is 0 Å². The third-order valence-electron chi connectivity index (χ3n) is 2.89. The lowest BCUT2D eigenvalue weighted by Gasteiger charge is -2.21. The van der Waals surface area contributed by atoms with E-state index in [1.54, 1.807) is 6.92 Å². The highest BCUT2D eigenvalue weighted by molar-refractivity contribution is 5.83. The number of aromatic amines is 1. The van der Waals surface area contributed by atoms with E-state index in [1.807, 2.05) is 30.3 Å². The van der Waals surface area contributed by atoms with E-state index in [0.717, 1.165) is 5.56 Å². The average molecular weight is 303 g/mol. The van der Waals surface area contributed by atoms with Gasteiger partial charge in [0, 0.05) is 6.54 Å². The van der Waals surface area contributed by atoms with Gasteiger partial charge in [0.05, 0.1) is 13.0 Å². The molecule has 0 atom stereocenters. The van der Waals surface area contributed by atoms with Crippen LogP contribution in [0.5, 0.6) is 0 Å². The summed E-state index contributed by atoms with van der Waals surface area (Å²) in [5.74, 6) is -0.426. The predicted molar refractivity (Wildman–Crippen MR) is 76.4 cm³/mol. The fourth-order valence-electron chi connectivity index (χ4n) is 1.90. The Labute approximate surface area is 127 Å². The van der Waals surface area contributed by atoms with Crippen LogP contribution in [-0.2, 0) is 27.3 Å². The maximum Gasteiger partial charge on any atom is 0.325 e. The minimum Gasteiger partial charge on any atom is -0.465 e. The van der Waals surface area contributed by atoms with E-state index in [4.69, 9.17) is 4.74 Å². The molecular formula is C14H17N5O3. The first-order chi connectivity index (χ1) is 10.7. The molecule has 0 saturated carbocycles. The highest BCUT2D eigenvalue weighted by Gasteiger charge is 2.20. The first-order valence-electron chi connectivity index (χ1n) is 6.88. The number of aromatic nitrogens is 4. The Morgan fingerprint density at radius 3 is 2.68 bits per heavy atom. The maximum absolute atomic E-state index is 12.4. The van der Waals surface area contributed by atoms with Crippen LogP contribution in [0.25, 0.3) is 0 Å². The molecule has 0 unspecified atom stereocenters. The summed E-state index contributed by atoms with van der Waals surface area (Å²) in [5, 5.41) is 13.2. The van der Waals surface area contributed by atoms with Crippen molar-refractivity contribution in [1.82, 2.24) is 25.5 Å². The number of hydrogen-bond acceptors (Lipinski definition) is 6. The van der Waals surface area contributed by atoms with Crippen LogP contribution in [0.15, 0.2) is 30.3 Å². The number of hydrogen-bond donors (Lipinski definition) is 1. The summed E-state index contributed by atoms with van der Waals surface area (Å²) in [5.41, 5.74) is 0.924. The molecule has 0 bridgehead atoms. The standard InChI is InChI=1S/C14H17N5O3/c1-2-22-14(21)10-19(9-11-6-4-3-5-7-11)13(20)8-12-15-17-18-16-12/h3-7H,2,8-10H2,1H3,(H,15,16,17,18). The van der Waals surface area contributed by atoms with Gasteiger partial charge in [0.2, 0.25) is 5.91 Å². The molecule has 1 N–H and O–H groups in total. The SMILES string of the molecule is CCOC(=O)CN(Cc1ccccc1)C(=O)Cc1nn[nH]n1. The molecular weight excluding hydrogens is 286 g/mol. The molecule has 1 amide bonds. The van der Waals surface area contributed by atoms with Gasteiger partial charge < -0.3 is 9.64 Å². The lowest BCUT2D eigenvalue weighted by Crippen LogP contribution is -2.37. The zero-order chi connectivity index (χ0) is 15.8. The fraction of sp³-hybridized carbons (Fsp3) is 0.357. The van der Waals surface area contributed by atoms with Gasteiger partial charge in [-0.2, -0.15) is 5.21 Å². The third-order valence-corrected chi connectivity index (χ3v) is 2.89. The number of benzene rings is 1. The first kappa shape index (κ1) is 15.6. The normalized spacial score (nSPS) is 10.2. The number of carbonyl (C=O) groups is 2. The van der Waals surface area contributed by atoms with Crippen LogP contribution in [0.1, 0.15) is 18.3 Å².